The van der Waals surface area contributed by atoms with Gasteiger partial charge in [-0.25, -0.2) is 15.0 Å². The van der Waals surface area contributed by atoms with Crippen LogP contribution in [-0.4, -0.2) is 83.3 Å². The highest BCUT2D eigenvalue weighted by Gasteiger charge is 2.57. The van der Waals surface area contributed by atoms with Crippen LogP contribution in [0.4, 0.5) is 5.13 Å². The topological polar surface area (TPSA) is 177 Å². The summed E-state index contributed by atoms with van der Waals surface area (Å²) in [5, 5.41) is 27.8. The van der Waals surface area contributed by atoms with E-state index in [-0.39, 0.29) is 41.7 Å². The van der Waals surface area contributed by atoms with Gasteiger partial charge in [0.05, 0.1) is 17.1 Å². The summed E-state index contributed by atoms with van der Waals surface area (Å²) in [7, 11) is 0. The molecule has 4 aliphatic rings. The van der Waals surface area contributed by atoms with Crippen LogP contribution in [0.15, 0.2) is 33.0 Å². The van der Waals surface area contributed by atoms with Crippen molar-refractivity contribution < 1.29 is 24.7 Å². The Morgan fingerprint density at radius 1 is 1.42 bits per heavy atom. The number of carboxylic acid groups (broad SMARTS) is 1. The van der Waals surface area contributed by atoms with E-state index in [0.29, 0.717) is 27.4 Å². The number of thiazole rings is 1. The van der Waals surface area contributed by atoms with E-state index in [2.05, 4.69) is 20.8 Å². The number of thioether (sulfide) groups is 2. The molecule has 3 atom stereocenters. The fraction of sp³-hybridized carbons (Fsp3) is 0.450. The van der Waals surface area contributed by atoms with E-state index in [9.17, 15) is 24.7 Å². The second kappa shape index (κ2) is 9.26. The number of aliphatic imine (C=N–C) groups is 1. The number of β-lactam (4-membered cyclic amide) rings is 1. The van der Waals surface area contributed by atoms with E-state index in [0.717, 1.165) is 10.9 Å². The van der Waals surface area contributed by atoms with E-state index in [1.54, 1.807) is 23.4 Å². The molecule has 2 fully saturated rings. The van der Waals surface area contributed by atoms with E-state index in [1.165, 1.54) is 39.8 Å². The number of hydrogen-bond acceptors (Lipinski definition) is 13. The Morgan fingerprint density at radius 3 is 2.89 bits per heavy atom. The Balaban J connectivity index is 1.23. The summed E-state index contributed by atoms with van der Waals surface area (Å²) in [6.07, 6.45) is 1.83. The molecule has 1 aromatic heterocycles. The van der Waals surface area contributed by atoms with Gasteiger partial charge in [0.2, 0.25) is 11.8 Å². The van der Waals surface area contributed by atoms with E-state index < -0.39 is 17.4 Å². The minimum absolute atomic E-state index is 0.0219. The van der Waals surface area contributed by atoms with Gasteiger partial charge in [-0.3, -0.25) is 19.6 Å². The molecular formula is C20H24N8O5S3. The molecule has 0 bridgehead atoms. The lowest BCUT2D eigenvalue weighted by Gasteiger charge is -2.53. The number of carbonyl (C=O) groups is 3. The number of aromatic nitrogens is 1. The van der Waals surface area contributed by atoms with Crippen molar-refractivity contribution >= 4 is 63.5 Å². The molecule has 13 nitrogen and oxygen atoms in total. The third-order valence-electron chi connectivity index (χ3n) is 6.21. The van der Waals surface area contributed by atoms with Crippen LogP contribution in [0.3, 0.4) is 0 Å². The van der Waals surface area contributed by atoms with Crippen molar-refractivity contribution in [2.75, 3.05) is 23.8 Å². The molecule has 0 saturated carbocycles. The zero-order valence-electron chi connectivity index (χ0n) is 19.3. The van der Waals surface area contributed by atoms with Crippen LogP contribution in [0.25, 0.3) is 0 Å². The predicted octanol–water partition coefficient (Wildman–Crippen LogP) is 0.403. The maximum Gasteiger partial charge on any atom is 0.313 e. The number of carbonyl (C=O) groups excluding carboxylic acids is 2. The molecular weight excluding hydrogens is 528 g/mol. The summed E-state index contributed by atoms with van der Waals surface area (Å²) in [6.45, 7) is 3.58. The summed E-state index contributed by atoms with van der Waals surface area (Å²) in [4.78, 5) is 47.7. The molecule has 5 rings (SSSR count). The number of carboxylic acids is 1. The van der Waals surface area contributed by atoms with Gasteiger partial charge in [-0.15, -0.1) is 40.4 Å². The van der Waals surface area contributed by atoms with Crippen LogP contribution in [0, 0.1) is 5.41 Å². The Kier molecular flexibility index (Phi) is 6.40. The number of allylic oxidation sites excluding steroid dienone is 2. The summed E-state index contributed by atoms with van der Waals surface area (Å²) < 4.78 is 0. The van der Waals surface area contributed by atoms with Crippen molar-refractivity contribution in [2.45, 2.75) is 31.7 Å². The number of fused-ring (bicyclic) bond motifs is 2. The fourth-order valence-electron chi connectivity index (χ4n) is 4.22. The highest BCUT2D eigenvalue weighted by atomic mass is 32.2. The summed E-state index contributed by atoms with van der Waals surface area (Å²) in [5.41, 5.74) is 8.96. The molecule has 0 aliphatic carbocycles. The van der Waals surface area contributed by atoms with Crippen molar-refractivity contribution in [2.24, 2.45) is 10.4 Å². The monoisotopic (exact) mass is 552 g/mol. The third kappa shape index (κ3) is 4.32. The van der Waals surface area contributed by atoms with Crippen molar-refractivity contribution in [1.82, 2.24) is 30.9 Å². The predicted molar refractivity (Wildman–Crippen MR) is 135 cm³/mol. The van der Waals surface area contributed by atoms with E-state index in [1.807, 2.05) is 6.92 Å². The van der Waals surface area contributed by atoms with Gasteiger partial charge < -0.3 is 21.1 Å². The number of nitrogens with two attached hydrogens (primary N) is 1. The first-order chi connectivity index (χ1) is 17.1. The van der Waals surface area contributed by atoms with Crippen LogP contribution in [0.2, 0.25) is 0 Å². The van der Waals surface area contributed by atoms with E-state index in [4.69, 9.17) is 5.73 Å². The number of nitrogens with one attached hydrogen (secondary N) is 2. The van der Waals surface area contributed by atoms with Crippen LogP contribution in [-0.2, 0) is 20.8 Å². The number of nitrogen functional groups attached to an aromatic ring is 1. The van der Waals surface area contributed by atoms with E-state index >= 15 is 0 Å². The molecule has 2 saturated heterocycles. The first-order valence-electron chi connectivity index (χ1n) is 10.9. The smallest absolute Gasteiger partial charge is 0.313 e. The average molecular weight is 553 g/mol. The third-order valence-corrected chi connectivity index (χ3v) is 9.81. The highest BCUT2D eigenvalue weighted by Crippen LogP contribution is 2.45. The van der Waals surface area contributed by atoms with Gasteiger partial charge in [0.1, 0.15) is 22.5 Å². The lowest BCUT2D eigenvalue weighted by atomic mass is 9.89. The van der Waals surface area contributed by atoms with Gasteiger partial charge in [0.25, 0.3) is 0 Å². The lowest BCUT2D eigenvalue weighted by Crippen LogP contribution is -2.74. The first-order valence-corrected chi connectivity index (χ1v) is 13.8. The average Bonchev–Trinajstić information content (AvgIpc) is 3.37. The minimum atomic E-state index is -1.19. The molecule has 0 radical (unpaired) electrons. The van der Waals surface area contributed by atoms with Crippen molar-refractivity contribution in [3.63, 3.8) is 0 Å². The number of nitrogens with zero attached hydrogens (tertiary/aromatic N) is 5. The normalized spacial score (nSPS) is 27.3. The van der Waals surface area contributed by atoms with Gasteiger partial charge in [-0.1, -0.05) is 0 Å². The van der Waals surface area contributed by atoms with Gasteiger partial charge >= 0.3 is 5.97 Å². The molecule has 1 aromatic rings. The van der Waals surface area contributed by atoms with Crippen LogP contribution in [0.1, 0.15) is 19.5 Å². The Morgan fingerprint density at radius 2 is 2.19 bits per heavy atom. The zero-order chi connectivity index (χ0) is 25.8. The summed E-state index contributed by atoms with van der Waals surface area (Å²) in [6, 6.07) is -0.696. The minimum Gasteiger partial charge on any atom is -0.481 e. The highest BCUT2D eigenvalue weighted by molar-refractivity contribution is 8.03. The Bertz CT molecular complexity index is 1230. The number of rotatable bonds is 7. The van der Waals surface area contributed by atoms with Crippen molar-refractivity contribution in [3.8, 4) is 0 Å². The largest absolute Gasteiger partial charge is 0.481 e. The Hall–Kier alpha value is -2.79. The van der Waals surface area contributed by atoms with Crippen molar-refractivity contribution in [1.29, 1.82) is 0 Å². The molecule has 0 spiro atoms. The standard InChI is InChI=1S/C20H24N8O5S3/c1-9-3-13(27-15(22-9)10(2)28(33)25-27)35-7-20(18(31)32)6-26-16(30)14(17(26)36-8-20)24-12(29)4-11-5-34-19(21)23-11/h3,5,14,17,25,33H,4,6-8H2,1-2H3,(H2,21,23)(H,24,29)(H,31,32)/t14?,17-,20?/m1/s1. The molecule has 2 amide bonds. The number of amides is 2. The number of hydrogen-bond donors (Lipinski definition) is 5. The first kappa shape index (κ1) is 24.9. The molecule has 5 heterocycles. The quantitative estimate of drug-likeness (QED) is 0.295. The number of anilines is 1. The number of hydroxylamine groups is 1. The van der Waals surface area contributed by atoms with Gasteiger partial charge in [0.15, 0.2) is 11.0 Å². The zero-order valence-corrected chi connectivity index (χ0v) is 21.7. The maximum absolute atomic E-state index is 12.8. The lowest BCUT2D eigenvalue weighted by molar-refractivity contribution is -0.157. The molecule has 4 aliphatic heterocycles. The summed E-state index contributed by atoms with van der Waals surface area (Å²) >= 11 is 3.91. The molecule has 16 heteroatoms. The molecule has 0 aromatic carbocycles. The second-order valence-corrected chi connectivity index (χ2v) is 11.8. The molecule has 192 valence electrons. The van der Waals surface area contributed by atoms with Crippen LogP contribution in [0.5, 0.6) is 0 Å². The Labute approximate surface area is 218 Å². The molecule has 36 heavy (non-hydrogen) atoms. The van der Waals surface area contributed by atoms with Crippen LogP contribution >= 0.6 is 34.9 Å². The van der Waals surface area contributed by atoms with Gasteiger partial charge in [0, 0.05) is 29.1 Å². The SMILES string of the molecule is CC1=NC2=C(C)N(O)NN2C(SCC2(C(=O)O)CS[C@@H]3C(NC(=O)Cc4csc(N)n4)C(=O)N3C2)=C1. The molecule has 2 unspecified atom stereocenters. The van der Waals surface area contributed by atoms with Crippen LogP contribution < -0.4 is 16.6 Å². The van der Waals surface area contributed by atoms with Crippen molar-refractivity contribution in [3.05, 3.63) is 33.7 Å². The maximum atomic E-state index is 12.8. The summed E-state index contributed by atoms with van der Waals surface area (Å²) in [5.74, 6) is -0.620. The van der Waals surface area contributed by atoms with Gasteiger partial charge in [-0.2, -0.15) is 5.17 Å². The second-order valence-electron chi connectivity index (χ2n) is 8.83. The number of hydrazine groups is 2. The fourth-order valence-corrected chi connectivity index (χ4v) is 7.70. The number of aliphatic carboxylic acids is 1. The molecule has 6 N–H and O–H groups in total. The van der Waals surface area contributed by atoms with Gasteiger partial charge in [-0.05, 0) is 19.9 Å².